The van der Waals surface area contributed by atoms with Gasteiger partial charge < -0.3 is 0 Å². The molecule has 0 unspecified atom stereocenters. The summed E-state index contributed by atoms with van der Waals surface area (Å²) >= 11 is 0. The van der Waals surface area contributed by atoms with Crippen molar-refractivity contribution in [1.82, 2.24) is 0 Å². The molecule has 0 saturated heterocycles. The smallest absolute Gasteiger partial charge is 0.0326 e. The predicted molar refractivity (Wildman–Crippen MR) is 47.8 cm³/mol. The third kappa shape index (κ3) is 2.32. The topological polar surface area (TPSA) is 0 Å². The fourth-order valence-corrected chi connectivity index (χ4v) is 1.60. The largest absolute Gasteiger partial charge is 0.0651 e. The van der Waals surface area contributed by atoms with Crippen LogP contribution in [0.15, 0.2) is 0 Å². The van der Waals surface area contributed by atoms with Crippen molar-refractivity contribution < 1.29 is 0 Å². The molecule has 0 aliphatic rings. The van der Waals surface area contributed by atoms with Gasteiger partial charge in [0.05, 0.1) is 0 Å². The third-order valence-corrected chi connectivity index (χ3v) is 2.74. The Kier molecular flexibility index (Phi) is 4.00. The van der Waals surface area contributed by atoms with Gasteiger partial charge >= 0.3 is 0 Å². The van der Waals surface area contributed by atoms with Gasteiger partial charge in [-0.25, -0.2) is 0 Å². The second-order valence-electron chi connectivity index (χ2n) is 3.75. The maximum Gasteiger partial charge on any atom is -0.0326 e. The number of hydrogen-bond donors (Lipinski definition) is 0. The maximum atomic E-state index is 3.97. The minimum Gasteiger partial charge on any atom is -0.0651 e. The minimum absolute atomic E-state index is 0.448. The monoisotopic (exact) mass is 141 g/mol. The van der Waals surface area contributed by atoms with E-state index in [1.54, 1.807) is 0 Å². The van der Waals surface area contributed by atoms with Crippen LogP contribution in [0.4, 0.5) is 0 Å². The van der Waals surface area contributed by atoms with Crippen molar-refractivity contribution >= 4 is 0 Å². The number of rotatable bonds is 4. The van der Waals surface area contributed by atoms with Crippen molar-refractivity contribution in [3.63, 3.8) is 0 Å². The summed E-state index contributed by atoms with van der Waals surface area (Å²) in [6.07, 6.45) is 3.64. The van der Waals surface area contributed by atoms with Crippen LogP contribution in [0.2, 0.25) is 0 Å². The van der Waals surface area contributed by atoms with Crippen LogP contribution in [0.5, 0.6) is 0 Å². The van der Waals surface area contributed by atoms with Crippen molar-refractivity contribution in [1.29, 1.82) is 0 Å². The molecule has 0 aromatic carbocycles. The Morgan fingerprint density at radius 2 is 1.60 bits per heavy atom. The highest BCUT2D eigenvalue weighted by Gasteiger charge is 2.23. The van der Waals surface area contributed by atoms with Gasteiger partial charge in [0.1, 0.15) is 0 Å². The van der Waals surface area contributed by atoms with E-state index in [0.29, 0.717) is 5.41 Å². The molecule has 1 radical (unpaired) electrons. The first-order valence-corrected chi connectivity index (χ1v) is 4.37. The molecule has 0 aliphatic heterocycles. The Balaban J connectivity index is 3.97. The summed E-state index contributed by atoms with van der Waals surface area (Å²) in [7, 11) is 0. The van der Waals surface area contributed by atoms with Crippen molar-refractivity contribution in [2.24, 2.45) is 11.3 Å². The molecule has 0 rings (SSSR count). The molecule has 0 N–H and O–H groups in total. The average molecular weight is 141 g/mol. The molecule has 0 atom stereocenters. The highest BCUT2D eigenvalue weighted by molar-refractivity contribution is 4.77. The molecule has 0 aliphatic carbocycles. The van der Waals surface area contributed by atoms with Gasteiger partial charge in [0.25, 0.3) is 0 Å². The lowest BCUT2D eigenvalue weighted by Gasteiger charge is -2.31. The van der Waals surface area contributed by atoms with Crippen molar-refractivity contribution in [2.45, 2.75) is 47.0 Å². The van der Waals surface area contributed by atoms with Crippen LogP contribution in [-0.2, 0) is 0 Å². The van der Waals surface area contributed by atoms with E-state index in [1.807, 2.05) is 0 Å². The normalized spacial score (nSPS) is 12.6. The van der Waals surface area contributed by atoms with Gasteiger partial charge in [0, 0.05) is 0 Å². The lowest BCUT2D eigenvalue weighted by molar-refractivity contribution is 0.201. The Morgan fingerprint density at radius 3 is 1.70 bits per heavy atom. The maximum absolute atomic E-state index is 3.97. The van der Waals surface area contributed by atoms with E-state index in [1.165, 1.54) is 12.8 Å². The van der Waals surface area contributed by atoms with E-state index in [4.69, 9.17) is 0 Å². The fourth-order valence-electron chi connectivity index (χ4n) is 1.60. The lowest BCUT2D eigenvalue weighted by Crippen LogP contribution is -2.21. The average Bonchev–Trinajstić information content (AvgIpc) is 1.90. The molecule has 0 saturated carbocycles. The quantitative estimate of drug-likeness (QED) is 0.560. The predicted octanol–water partition coefficient (Wildman–Crippen LogP) is 3.67. The zero-order valence-corrected chi connectivity index (χ0v) is 7.91. The Labute approximate surface area is 66.0 Å². The number of hydrogen-bond acceptors (Lipinski definition) is 0. The Bertz CT molecular complexity index is 78.0. The van der Waals surface area contributed by atoms with Gasteiger partial charge in [0.2, 0.25) is 0 Å². The molecule has 0 fully saturated rings. The molecule has 0 spiro atoms. The summed E-state index contributed by atoms with van der Waals surface area (Å²) in [5, 5.41) is 0. The van der Waals surface area contributed by atoms with Crippen LogP contribution in [0.3, 0.4) is 0 Å². The molecule has 0 nitrogen and oxygen atoms in total. The van der Waals surface area contributed by atoms with E-state index in [-0.39, 0.29) is 0 Å². The van der Waals surface area contributed by atoms with E-state index in [2.05, 4.69) is 34.6 Å². The Morgan fingerprint density at radius 1 is 1.20 bits per heavy atom. The van der Waals surface area contributed by atoms with Gasteiger partial charge in [-0.2, -0.15) is 0 Å². The van der Waals surface area contributed by atoms with Gasteiger partial charge in [-0.15, -0.1) is 0 Å². The SMILES string of the molecule is [CH2]CC(C)(C)C(CC)CC. The summed E-state index contributed by atoms with van der Waals surface area (Å²) in [6.45, 7) is 13.1. The van der Waals surface area contributed by atoms with Crippen molar-refractivity contribution in [3.8, 4) is 0 Å². The first-order valence-electron chi connectivity index (χ1n) is 4.37. The lowest BCUT2D eigenvalue weighted by atomic mass is 9.74. The molecule has 0 aromatic heterocycles. The van der Waals surface area contributed by atoms with Crippen molar-refractivity contribution in [2.75, 3.05) is 0 Å². The molecule has 61 valence electrons. The first kappa shape index (κ1) is 10.0. The highest BCUT2D eigenvalue weighted by atomic mass is 14.3. The summed E-state index contributed by atoms with van der Waals surface area (Å²) < 4.78 is 0. The van der Waals surface area contributed by atoms with E-state index >= 15 is 0 Å². The molecule has 0 bridgehead atoms. The zero-order valence-electron chi connectivity index (χ0n) is 7.91. The minimum atomic E-state index is 0.448. The van der Waals surface area contributed by atoms with Crippen LogP contribution < -0.4 is 0 Å². The van der Waals surface area contributed by atoms with Crippen molar-refractivity contribution in [3.05, 3.63) is 6.92 Å². The van der Waals surface area contributed by atoms with Gasteiger partial charge in [-0.3, -0.25) is 0 Å². The molecule has 0 amide bonds. The summed E-state index contributed by atoms with van der Waals surface area (Å²) in [4.78, 5) is 0. The third-order valence-electron chi connectivity index (χ3n) is 2.74. The molecule has 0 aromatic rings. The first-order chi connectivity index (χ1) is 4.58. The Hall–Kier alpha value is 0. The fraction of sp³-hybridized carbons (Fsp3) is 0.900. The molecule has 10 heavy (non-hydrogen) atoms. The molecule has 0 heterocycles. The summed E-state index contributed by atoms with van der Waals surface area (Å²) in [6, 6.07) is 0. The molecular weight excluding hydrogens is 120 g/mol. The standard InChI is InChI=1S/C10H21/c1-6-9(7-2)10(4,5)8-3/h9H,3,6-8H2,1-2,4-5H3. The second-order valence-corrected chi connectivity index (χ2v) is 3.75. The van der Waals surface area contributed by atoms with Gasteiger partial charge in [-0.1, -0.05) is 47.5 Å². The van der Waals surface area contributed by atoms with E-state index in [9.17, 15) is 0 Å². The van der Waals surface area contributed by atoms with Crippen LogP contribution in [0, 0.1) is 18.3 Å². The van der Waals surface area contributed by atoms with Crippen LogP contribution in [0.1, 0.15) is 47.0 Å². The van der Waals surface area contributed by atoms with Crippen LogP contribution in [-0.4, -0.2) is 0 Å². The molecule has 0 heteroatoms. The van der Waals surface area contributed by atoms with Gasteiger partial charge in [-0.05, 0) is 17.8 Å². The van der Waals surface area contributed by atoms with Crippen LogP contribution in [0.25, 0.3) is 0 Å². The highest BCUT2D eigenvalue weighted by Crippen LogP contribution is 2.34. The van der Waals surface area contributed by atoms with Gasteiger partial charge in [0.15, 0.2) is 0 Å². The second kappa shape index (κ2) is 4.00. The summed E-state index contributed by atoms with van der Waals surface area (Å²) in [5.41, 5.74) is 0.448. The van der Waals surface area contributed by atoms with Crippen LogP contribution >= 0.6 is 0 Å². The van der Waals surface area contributed by atoms with E-state index in [0.717, 1.165) is 12.3 Å². The summed E-state index contributed by atoms with van der Waals surface area (Å²) in [5.74, 6) is 0.852. The van der Waals surface area contributed by atoms with E-state index < -0.39 is 0 Å². The zero-order chi connectivity index (χ0) is 8.20. The molecular formula is C10H21.